The van der Waals surface area contributed by atoms with Crippen LogP contribution in [-0.4, -0.2) is 55.5 Å². The van der Waals surface area contributed by atoms with Crippen molar-refractivity contribution in [2.24, 2.45) is 5.41 Å². The van der Waals surface area contributed by atoms with Gasteiger partial charge in [-0.05, 0) is 6.54 Å². The number of rotatable bonds is 3. The van der Waals surface area contributed by atoms with Crippen LogP contribution in [0.2, 0.25) is 0 Å². The molecular formula is C9H16F2N2. The topological polar surface area (TPSA) is 6.48 Å². The molecular weight excluding hydrogens is 174 g/mol. The zero-order chi connectivity index (χ0) is 9.47. The van der Waals surface area contributed by atoms with E-state index in [0.29, 0.717) is 5.41 Å². The number of hydrogen-bond acceptors (Lipinski definition) is 2. The summed E-state index contributed by atoms with van der Waals surface area (Å²) in [5, 5.41) is 0. The molecule has 0 aromatic rings. The third-order valence-corrected chi connectivity index (χ3v) is 3.08. The fourth-order valence-electron chi connectivity index (χ4n) is 2.55. The smallest absolute Gasteiger partial charge is 0.251 e. The third-order valence-electron chi connectivity index (χ3n) is 3.08. The van der Waals surface area contributed by atoms with Crippen LogP contribution >= 0.6 is 0 Å². The molecule has 0 amide bonds. The SMILES string of the molecule is CCN1CC2(C1)CN(CC(F)F)C2. The van der Waals surface area contributed by atoms with E-state index in [9.17, 15) is 8.78 Å². The Kier molecular flexibility index (Phi) is 2.28. The van der Waals surface area contributed by atoms with Gasteiger partial charge in [-0.1, -0.05) is 6.92 Å². The molecule has 0 radical (unpaired) electrons. The molecule has 0 N–H and O–H groups in total. The highest BCUT2D eigenvalue weighted by Gasteiger charge is 2.51. The molecule has 4 heteroatoms. The summed E-state index contributed by atoms with van der Waals surface area (Å²) in [6.45, 7) is 7.20. The van der Waals surface area contributed by atoms with E-state index in [4.69, 9.17) is 0 Å². The molecule has 2 rings (SSSR count). The van der Waals surface area contributed by atoms with Crippen LogP contribution in [-0.2, 0) is 0 Å². The third kappa shape index (κ3) is 1.70. The fourth-order valence-corrected chi connectivity index (χ4v) is 2.55. The van der Waals surface area contributed by atoms with Gasteiger partial charge in [-0.2, -0.15) is 0 Å². The molecule has 0 aromatic heterocycles. The first-order valence-corrected chi connectivity index (χ1v) is 4.86. The summed E-state index contributed by atoms with van der Waals surface area (Å²) in [4.78, 5) is 4.22. The normalized spacial score (nSPS) is 27.7. The maximum atomic E-state index is 12.0. The summed E-state index contributed by atoms with van der Waals surface area (Å²) in [5.74, 6) is 0. The molecule has 0 aliphatic carbocycles. The number of likely N-dealkylation sites (tertiary alicyclic amines) is 2. The summed E-state index contributed by atoms with van der Waals surface area (Å²) < 4.78 is 23.9. The molecule has 0 bridgehead atoms. The monoisotopic (exact) mass is 190 g/mol. The lowest BCUT2D eigenvalue weighted by Gasteiger charge is -2.60. The number of alkyl halides is 2. The van der Waals surface area contributed by atoms with Gasteiger partial charge < -0.3 is 4.90 Å². The van der Waals surface area contributed by atoms with Gasteiger partial charge in [0.25, 0.3) is 6.43 Å². The van der Waals surface area contributed by atoms with E-state index >= 15 is 0 Å². The average Bonchev–Trinajstić information content (AvgIpc) is 1.90. The predicted molar refractivity (Wildman–Crippen MR) is 47.0 cm³/mol. The van der Waals surface area contributed by atoms with Crippen LogP contribution in [0.25, 0.3) is 0 Å². The molecule has 13 heavy (non-hydrogen) atoms. The van der Waals surface area contributed by atoms with Gasteiger partial charge in [-0.3, -0.25) is 4.90 Å². The average molecular weight is 190 g/mol. The van der Waals surface area contributed by atoms with Gasteiger partial charge in [0.05, 0.1) is 6.54 Å². The van der Waals surface area contributed by atoms with Crippen molar-refractivity contribution in [3.8, 4) is 0 Å². The molecule has 0 aromatic carbocycles. The van der Waals surface area contributed by atoms with Gasteiger partial charge in [-0.25, -0.2) is 8.78 Å². The molecule has 2 aliphatic heterocycles. The maximum absolute atomic E-state index is 12.0. The second-order valence-electron chi connectivity index (χ2n) is 4.36. The summed E-state index contributed by atoms with van der Waals surface area (Å²) in [6, 6.07) is 0. The Hall–Kier alpha value is -0.220. The van der Waals surface area contributed by atoms with Crippen molar-refractivity contribution in [1.82, 2.24) is 9.80 Å². The van der Waals surface area contributed by atoms with Crippen LogP contribution < -0.4 is 0 Å². The highest BCUT2D eigenvalue weighted by atomic mass is 19.3. The highest BCUT2D eigenvalue weighted by molar-refractivity contribution is 5.05. The lowest BCUT2D eigenvalue weighted by molar-refractivity contribution is -0.124. The van der Waals surface area contributed by atoms with Crippen molar-refractivity contribution in [3.63, 3.8) is 0 Å². The Labute approximate surface area is 77.5 Å². The van der Waals surface area contributed by atoms with E-state index in [1.807, 2.05) is 4.90 Å². The van der Waals surface area contributed by atoms with Gasteiger partial charge >= 0.3 is 0 Å². The van der Waals surface area contributed by atoms with E-state index in [0.717, 1.165) is 32.7 Å². The second-order valence-corrected chi connectivity index (χ2v) is 4.36. The minimum Gasteiger partial charge on any atom is -0.302 e. The Morgan fingerprint density at radius 3 is 2.15 bits per heavy atom. The number of nitrogens with zero attached hydrogens (tertiary/aromatic N) is 2. The molecule has 2 fully saturated rings. The summed E-state index contributed by atoms with van der Waals surface area (Å²) in [5.41, 5.74) is 0.394. The first-order valence-electron chi connectivity index (χ1n) is 4.86. The van der Waals surface area contributed by atoms with Gasteiger partial charge in [-0.15, -0.1) is 0 Å². The number of hydrogen-bond donors (Lipinski definition) is 0. The molecule has 2 aliphatic rings. The Bertz CT molecular complexity index is 182. The molecule has 0 atom stereocenters. The molecule has 2 saturated heterocycles. The van der Waals surface area contributed by atoms with Crippen molar-refractivity contribution in [2.45, 2.75) is 13.3 Å². The fraction of sp³-hybridized carbons (Fsp3) is 1.00. The largest absolute Gasteiger partial charge is 0.302 e. The molecule has 2 nitrogen and oxygen atoms in total. The highest BCUT2D eigenvalue weighted by Crippen LogP contribution is 2.39. The van der Waals surface area contributed by atoms with E-state index in [-0.39, 0.29) is 6.54 Å². The van der Waals surface area contributed by atoms with Crippen molar-refractivity contribution in [3.05, 3.63) is 0 Å². The molecule has 0 saturated carbocycles. The molecule has 1 spiro atoms. The zero-order valence-corrected chi connectivity index (χ0v) is 7.97. The first-order chi connectivity index (χ1) is 6.13. The minimum absolute atomic E-state index is 0.0339. The Balaban J connectivity index is 1.68. The minimum atomic E-state index is -2.17. The zero-order valence-electron chi connectivity index (χ0n) is 7.97. The van der Waals surface area contributed by atoms with Crippen molar-refractivity contribution < 1.29 is 8.78 Å². The van der Waals surface area contributed by atoms with Crippen LogP contribution in [0.5, 0.6) is 0 Å². The van der Waals surface area contributed by atoms with Crippen LogP contribution in [0.15, 0.2) is 0 Å². The number of halogens is 2. The van der Waals surface area contributed by atoms with Crippen molar-refractivity contribution in [1.29, 1.82) is 0 Å². The van der Waals surface area contributed by atoms with E-state index in [1.54, 1.807) is 0 Å². The van der Waals surface area contributed by atoms with Gasteiger partial charge in [0.15, 0.2) is 0 Å². The van der Waals surface area contributed by atoms with Crippen LogP contribution in [0.3, 0.4) is 0 Å². The van der Waals surface area contributed by atoms with Gasteiger partial charge in [0.2, 0.25) is 0 Å². The summed E-state index contributed by atoms with van der Waals surface area (Å²) in [7, 11) is 0. The van der Waals surface area contributed by atoms with Crippen LogP contribution in [0, 0.1) is 5.41 Å². The maximum Gasteiger partial charge on any atom is 0.251 e. The van der Waals surface area contributed by atoms with E-state index in [2.05, 4.69) is 11.8 Å². The molecule has 76 valence electrons. The first kappa shape index (κ1) is 9.34. The van der Waals surface area contributed by atoms with E-state index < -0.39 is 6.43 Å². The summed E-state index contributed by atoms with van der Waals surface area (Å²) >= 11 is 0. The molecule has 0 unspecified atom stereocenters. The van der Waals surface area contributed by atoms with Gasteiger partial charge in [0.1, 0.15) is 0 Å². The lowest BCUT2D eigenvalue weighted by Crippen LogP contribution is -2.72. The quantitative estimate of drug-likeness (QED) is 0.652. The van der Waals surface area contributed by atoms with Crippen molar-refractivity contribution in [2.75, 3.05) is 39.3 Å². The van der Waals surface area contributed by atoms with Crippen molar-refractivity contribution >= 4 is 0 Å². The van der Waals surface area contributed by atoms with Crippen LogP contribution in [0.1, 0.15) is 6.92 Å². The second kappa shape index (κ2) is 3.17. The van der Waals surface area contributed by atoms with Gasteiger partial charge in [0, 0.05) is 31.6 Å². The van der Waals surface area contributed by atoms with E-state index in [1.165, 1.54) is 0 Å². The van der Waals surface area contributed by atoms with Crippen LogP contribution in [0.4, 0.5) is 8.78 Å². The molecule has 2 heterocycles. The Morgan fingerprint density at radius 2 is 1.69 bits per heavy atom. The Morgan fingerprint density at radius 1 is 1.15 bits per heavy atom. The standard InChI is InChI=1S/C9H16F2N2/c1-2-12-4-9(5-12)6-13(7-9)3-8(10)11/h8H,2-7H2,1H3. The lowest BCUT2D eigenvalue weighted by atomic mass is 9.73. The predicted octanol–water partition coefficient (Wildman–Crippen LogP) is 0.889. The summed E-state index contributed by atoms with van der Waals surface area (Å²) in [6.07, 6.45) is -2.17.